The average molecular weight is 376 g/mol. The molecule has 1 heterocycles. The molecule has 1 unspecified atom stereocenters. The van der Waals surface area contributed by atoms with E-state index in [1.807, 2.05) is 24.3 Å². The number of benzene rings is 2. The summed E-state index contributed by atoms with van der Waals surface area (Å²) in [5.74, 6) is -0.296. The van der Waals surface area contributed by atoms with E-state index in [4.69, 9.17) is 4.74 Å². The molecule has 1 fully saturated rings. The lowest BCUT2D eigenvalue weighted by Crippen LogP contribution is -2.37. The Bertz CT molecular complexity index is 745. The normalized spacial score (nSPS) is 16.1. The van der Waals surface area contributed by atoms with Gasteiger partial charge < -0.3 is 14.8 Å². The highest BCUT2D eigenvalue weighted by atomic mass is 19.3. The molecule has 0 bridgehead atoms. The van der Waals surface area contributed by atoms with Gasteiger partial charge in [-0.1, -0.05) is 12.1 Å². The van der Waals surface area contributed by atoms with E-state index >= 15 is 0 Å². The largest absolute Gasteiger partial charge is 0.435 e. The first-order valence-corrected chi connectivity index (χ1v) is 8.81. The van der Waals surface area contributed by atoms with Crippen molar-refractivity contribution >= 4 is 11.6 Å². The molecule has 3 rings (SSSR count). The number of rotatable bonds is 6. The summed E-state index contributed by atoms with van der Waals surface area (Å²) in [4.78, 5) is 14.7. The van der Waals surface area contributed by atoms with Crippen LogP contribution in [0.15, 0.2) is 48.5 Å². The Morgan fingerprint density at radius 3 is 2.30 bits per heavy atom. The van der Waals surface area contributed by atoms with Gasteiger partial charge in [0, 0.05) is 30.4 Å². The minimum absolute atomic E-state index is 0.0167. The highest BCUT2D eigenvalue weighted by Gasteiger charge is 2.18. The fourth-order valence-corrected chi connectivity index (χ4v) is 3.01. The molecule has 1 saturated heterocycles. The van der Waals surface area contributed by atoms with Gasteiger partial charge in [0.15, 0.2) is 0 Å². The molecule has 2 aromatic carbocycles. The van der Waals surface area contributed by atoms with E-state index in [1.165, 1.54) is 29.8 Å². The standard InChI is InChI=1S/C20H22F2N2O3/c1-14(24-10-12-26-13-11-24)15-2-6-17(7-3-15)23-19(25)16-4-8-18(9-5-16)27-20(21)22/h2-9,14,20H,10-13H2,1H3,(H,23,25). The van der Waals surface area contributed by atoms with Crippen molar-refractivity contribution < 1.29 is 23.0 Å². The molecule has 27 heavy (non-hydrogen) atoms. The van der Waals surface area contributed by atoms with Crippen molar-refractivity contribution in [1.29, 1.82) is 0 Å². The van der Waals surface area contributed by atoms with Crippen LogP contribution in [0.3, 0.4) is 0 Å². The SMILES string of the molecule is CC(c1ccc(NC(=O)c2ccc(OC(F)F)cc2)cc1)N1CCOCC1. The third kappa shape index (κ3) is 5.24. The first kappa shape index (κ1) is 19.3. The second-order valence-corrected chi connectivity index (χ2v) is 6.30. The molecule has 1 aliphatic heterocycles. The molecule has 1 amide bonds. The van der Waals surface area contributed by atoms with Gasteiger partial charge in [-0.2, -0.15) is 8.78 Å². The molecule has 1 atom stereocenters. The van der Waals surface area contributed by atoms with Crippen molar-refractivity contribution in [2.75, 3.05) is 31.6 Å². The maximum absolute atomic E-state index is 12.3. The Hall–Kier alpha value is -2.51. The fourth-order valence-electron chi connectivity index (χ4n) is 3.01. The monoisotopic (exact) mass is 376 g/mol. The number of carbonyl (C=O) groups is 1. The van der Waals surface area contributed by atoms with Crippen LogP contribution < -0.4 is 10.1 Å². The highest BCUT2D eigenvalue weighted by Crippen LogP contribution is 2.23. The van der Waals surface area contributed by atoms with E-state index in [1.54, 1.807) is 0 Å². The lowest BCUT2D eigenvalue weighted by Gasteiger charge is -2.32. The van der Waals surface area contributed by atoms with Gasteiger partial charge in [0.1, 0.15) is 5.75 Å². The summed E-state index contributed by atoms with van der Waals surface area (Å²) < 4.78 is 34.0. The van der Waals surface area contributed by atoms with Gasteiger partial charge in [0.2, 0.25) is 0 Å². The molecule has 0 saturated carbocycles. The zero-order chi connectivity index (χ0) is 19.2. The van der Waals surface area contributed by atoms with Gasteiger partial charge in [0.05, 0.1) is 13.2 Å². The topological polar surface area (TPSA) is 50.8 Å². The molecular formula is C20H22F2N2O3. The van der Waals surface area contributed by atoms with Crippen LogP contribution in [0, 0.1) is 0 Å². The second-order valence-electron chi connectivity index (χ2n) is 6.30. The molecule has 0 radical (unpaired) electrons. The predicted octanol–water partition coefficient (Wildman–Crippen LogP) is 3.93. The van der Waals surface area contributed by atoms with Crippen LogP contribution in [0.2, 0.25) is 0 Å². The molecule has 144 valence electrons. The van der Waals surface area contributed by atoms with Crippen molar-refractivity contribution in [1.82, 2.24) is 4.90 Å². The Kier molecular flexibility index (Phi) is 6.36. The number of morpholine rings is 1. The van der Waals surface area contributed by atoms with Gasteiger partial charge in [-0.15, -0.1) is 0 Å². The van der Waals surface area contributed by atoms with Crippen molar-refractivity contribution in [3.05, 3.63) is 59.7 Å². The molecule has 7 heteroatoms. The van der Waals surface area contributed by atoms with E-state index < -0.39 is 6.61 Å². The van der Waals surface area contributed by atoms with E-state index in [0.717, 1.165) is 26.3 Å². The zero-order valence-electron chi connectivity index (χ0n) is 15.0. The highest BCUT2D eigenvalue weighted by molar-refractivity contribution is 6.04. The van der Waals surface area contributed by atoms with Gasteiger partial charge >= 0.3 is 6.61 Å². The molecule has 5 nitrogen and oxygen atoms in total. The Labute approximate surface area is 156 Å². The number of nitrogens with one attached hydrogen (secondary N) is 1. The number of amides is 1. The Balaban J connectivity index is 1.59. The Morgan fingerprint density at radius 1 is 1.07 bits per heavy atom. The lowest BCUT2D eigenvalue weighted by molar-refractivity contribution is -0.0498. The molecular weight excluding hydrogens is 354 g/mol. The summed E-state index contributed by atoms with van der Waals surface area (Å²) in [6.07, 6.45) is 0. The number of ether oxygens (including phenoxy) is 2. The molecule has 0 spiro atoms. The van der Waals surface area contributed by atoms with E-state index in [0.29, 0.717) is 11.3 Å². The minimum Gasteiger partial charge on any atom is -0.435 e. The maximum Gasteiger partial charge on any atom is 0.387 e. The van der Waals surface area contributed by atoms with Crippen LogP contribution in [0.5, 0.6) is 5.75 Å². The fraction of sp³-hybridized carbons (Fsp3) is 0.350. The second kappa shape index (κ2) is 8.92. The summed E-state index contributed by atoms with van der Waals surface area (Å²) in [5, 5.41) is 2.80. The number of halogens is 2. The number of carbonyl (C=O) groups excluding carboxylic acids is 1. The van der Waals surface area contributed by atoms with Crippen LogP contribution >= 0.6 is 0 Å². The van der Waals surface area contributed by atoms with Crippen LogP contribution in [-0.2, 0) is 4.74 Å². The van der Waals surface area contributed by atoms with Crippen molar-refractivity contribution in [2.45, 2.75) is 19.6 Å². The predicted molar refractivity (Wildman–Crippen MR) is 98.3 cm³/mol. The first-order valence-electron chi connectivity index (χ1n) is 8.81. The molecule has 0 aliphatic carbocycles. The van der Waals surface area contributed by atoms with Crippen LogP contribution in [0.4, 0.5) is 14.5 Å². The zero-order valence-corrected chi connectivity index (χ0v) is 15.0. The van der Waals surface area contributed by atoms with Crippen LogP contribution in [0.1, 0.15) is 28.9 Å². The quantitative estimate of drug-likeness (QED) is 0.830. The van der Waals surface area contributed by atoms with Crippen LogP contribution in [0.25, 0.3) is 0 Å². The molecule has 2 aromatic rings. The van der Waals surface area contributed by atoms with Gasteiger partial charge in [-0.3, -0.25) is 9.69 Å². The number of hydrogen-bond acceptors (Lipinski definition) is 4. The van der Waals surface area contributed by atoms with E-state index in [-0.39, 0.29) is 17.7 Å². The summed E-state index contributed by atoms with van der Waals surface area (Å²) in [6, 6.07) is 13.6. The van der Waals surface area contributed by atoms with Gasteiger partial charge in [-0.25, -0.2) is 0 Å². The third-order valence-corrected chi connectivity index (χ3v) is 4.59. The smallest absolute Gasteiger partial charge is 0.387 e. The Morgan fingerprint density at radius 2 is 1.70 bits per heavy atom. The number of anilines is 1. The molecule has 1 aliphatic rings. The number of alkyl halides is 2. The van der Waals surface area contributed by atoms with E-state index in [9.17, 15) is 13.6 Å². The summed E-state index contributed by atoms with van der Waals surface area (Å²) in [7, 11) is 0. The minimum atomic E-state index is -2.89. The van der Waals surface area contributed by atoms with Gasteiger partial charge in [0.25, 0.3) is 5.91 Å². The molecule has 0 aromatic heterocycles. The van der Waals surface area contributed by atoms with Crippen molar-refractivity contribution in [3.63, 3.8) is 0 Å². The maximum atomic E-state index is 12.3. The first-order chi connectivity index (χ1) is 13.0. The average Bonchev–Trinajstić information content (AvgIpc) is 2.69. The van der Waals surface area contributed by atoms with Crippen LogP contribution in [-0.4, -0.2) is 43.7 Å². The number of hydrogen-bond donors (Lipinski definition) is 1. The summed E-state index contributed by atoms with van der Waals surface area (Å²) in [5.41, 5.74) is 2.21. The molecule has 1 N–H and O–H groups in total. The van der Waals surface area contributed by atoms with Crippen molar-refractivity contribution in [2.24, 2.45) is 0 Å². The van der Waals surface area contributed by atoms with Gasteiger partial charge in [-0.05, 0) is 48.9 Å². The number of nitrogens with zero attached hydrogens (tertiary/aromatic N) is 1. The summed E-state index contributed by atoms with van der Waals surface area (Å²) in [6.45, 7) is 2.58. The lowest BCUT2D eigenvalue weighted by atomic mass is 10.1. The van der Waals surface area contributed by atoms with Crippen molar-refractivity contribution in [3.8, 4) is 5.75 Å². The van der Waals surface area contributed by atoms with E-state index in [2.05, 4.69) is 21.9 Å². The summed E-state index contributed by atoms with van der Waals surface area (Å²) >= 11 is 0. The third-order valence-electron chi connectivity index (χ3n) is 4.59.